The van der Waals surface area contributed by atoms with Crippen LogP contribution in [0, 0.1) is 34.5 Å². The minimum atomic E-state index is -0.365. The molecule has 28 heavy (non-hydrogen) atoms. The number of nitrogens with one attached hydrogen (secondary N) is 1. The van der Waals surface area contributed by atoms with Gasteiger partial charge in [-0.1, -0.05) is 0 Å². The first-order valence-electron chi connectivity index (χ1n) is 10.7. The summed E-state index contributed by atoms with van der Waals surface area (Å²) in [5.74, 6) is 2.33. The highest BCUT2D eigenvalue weighted by molar-refractivity contribution is 5.98. The highest BCUT2D eigenvalue weighted by Gasteiger charge is 2.56. The third kappa shape index (κ3) is 2.90. The quantitative estimate of drug-likeness (QED) is 0.873. The molecule has 0 spiro atoms. The summed E-state index contributed by atoms with van der Waals surface area (Å²) in [6.45, 7) is 0.700. The minimum absolute atomic E-state index is 0.0970. The zero-order valence-electron chi connectivity index (χ0n) is 16.2. The van der Waals surface area contributed by atoms with E-state index in [1.807, 2.05) is 4.90 Å². The lowest BCUT2D eigenvalue weighted by Gasteiger charge is -2.56. The van der Waals surface area contributed by atoms with Gasteiger partial charge in [-0.3, -0.25) is 9.59 Å². The zero-order chi connectivity index (χ0) is 19.3. The summed E-state index contributed by atoms with van der Waals surface area (Å²) in [7, 11) is 0. The van der Waals surface area contributed by atoms with E-state index in [1.54, 1.807) is 24.3 Å². The van der Waals surface area contributed by atoms with Gasteiger partial charge in [0.2, 0.25) is 11.8 Å². The van der Waals surface area contributed by atoms with Crippen LogP contribution in [0.5, 0.6) is 0 Å². The van der Waals surface area contributed by atoms with Crippen LogP contribution in [-0.4, -0.2) is 29.3 Å². The number of benzene rings is 1. The predicted molar refractivity (Wildman–Crippen MR) is 105 cm³/mol. The summed E-state index contributed by atoms with van der Waals surface area (Å²) in [6, 6.07) is 8.60. The Hall–Kier alpha value is -2.35. The van der Waals surface area contributed by atoms with E-state index in [-0.39, 0.29) is 23.3 Å². The van der Waals surface area contributed by atoms with Gasteiger partial charge in [0.1, 0.15) is 6.04 Å². The Bertz CT molecular complexity index is 803. The third-order valence-corrected chi connectivity index (χ3v) is 7.59. The number of carbonyl (C=O) groups excluding carboxylic acids is 2. The van der Waals surface area contributed by atoms with Crippen molar-refractivity contribution < 1.29 is 9.59 Å². The van der Waals surface area contributed by atoms with Gasteiger partial charge in [-0.15, -0.1) is 0 Å². The summed E-state index contributed by atoms with van der Waals surface area (Å²) in [6.07, 6.45) is 8.69. The van der Waals surface area contributed by atoms with E-state index in [1.165, 1.54) is 19.3 Å². The van der Waals surface area contributed by atoms with E-state index in [2.05, 4.69) is 11.4 Å². The summed E-state index contributed by atoms with van der Waals surface area (Å²) >= 11 is 0. The molecule has 1 saturated heterocycles. The number of nitriles is 1. The van der Waals surface area contributed by atoms with Gasteiger partial charge in [0.25, 0.3) is 0 Å². The van der Waals surface area contributed by atoms with Gasteiger partial charge in [0.15, 0.2) is 0 Å². The van der Waals surface area contributed by atoms with Crippen LogP contribution in [0.15, 0.2) is 24.3 Å². The van der Waals surface area contributed by atoms with Crippen molar-refractivity contribution in [2.45, 2.75) is 57.4 Å². The molecule has 6 rings (SSSR count). The summed E-state index contributed by atoms with van der Waals surface area (Å²) in [5, 5.41) is 11.9. The Morgan fingerprint density at radius 3 is 2.21 bits per heavy atom. The lowest BCUT2D eigenvalue weighted by molar-refractivity contribution is -0.160. The highest BCUT2D eigenvalue weighted by Crippen LogP contribution is 2.60. The smallest absolute Gasteiger partial charge is 0.247 e. The van der Waals surface area contributed by atoms with Crippen LogP contribution in [0.1, 0.15) is 56.9 Å². The molecule has 1 aromatic rings. The molecule has 1 heterocycles. The van der Waals surface area contributed by atoms with Crippen molar-refractivity contribution in [3.8, 4) is 6.07 Å². The third-order valence-electron chi connectivity index (χ3n) is 7.59. The lowest BCUT2D eigenvalue weighted by Crippen LogP contribution is -2.56. The number of nitrogens with zero attached hydrogens (tertiary/aromatic N) is 2. The van der Waals surface area contributed by atoms with Gasteiger partial charge in [0, 0.05) is 12.2 Å². The Labute approximate surface area is 166 Å². The Kier molecular flexibility index (Phi) is 4.19. The van der Waals surface area contributed by atoms with Crippen LogP contribution < -0.4 is 5.32 Å². The Morgan fingerprint density at radius 1 is 1.04 bits per heavy atom. The highest BCUT2D eigenvalue weighted by atomic mass is 16.2. The molecule has 5 nitrogen and oxygen atoms in total. The van der Waals surface area contributed by atoms with Crippen LogP contribution >= 0.6 is 0 Å². The summed E-state index contributed by atoms with van der Waals surface area (Å²) in [4.78, 5) is 28.5. The standard InChI is InChI=1S/C23H27N3O2/c24-14-15-3-5-19(6-4-15)25-21(27)20-2-1-7-26(20)22(28)23-11-16-8-17(12-23)10-18(9-16)13-23/h3-6,16-18,20H,1-2,7-13H2,(H,25,27)/t16?,17?,18?,20-,23?/m1/s1. The zero-order valence-corrected chi connectivity index (χ0v) is 16.2. The maximum absolute atomic E-state index is 13.7. The van der Waals surface area contributed by atoms with Crippen LogP contribution in [0.4, 0.5) is 5.69 Å². The lowest BCUT2D eigenvalue weighted by atomic mass is 9.49. The number of anilines is 1. The molecule has 1 aliphatic heterocycles. The second-order valence-electron chi connectivity index (χ2n) is 9.53. The number of hydrogen-bond acceptors (Lipinski definition) is 3. The van der Waals surface area contributed by atoms with E-state index < -0.39 is 0 Å². The van der Waals surface area contributed by atoms with Gasteiger partial charge in [0.05, 0.1) is 17.0 Å². The number of likely N-dealkylation sites (tertiary alicyclic amines) is 1. The molecular formula is C23H27N3O2. The van der Waals surface area contributed by atoms with Crippen LogP contribution in [0.25, 0.3) is 0 Å². The largest absolute Gasteiger partial charge is 0.330 e. The molecule has 5 aliphatic rings. The molecule has 5 fully saturated rings. The Balaban J connectivity index is 1.31. The van der Waals surface area contributed by atoms with Crippen molar-refractivity contribution in [1.82, 2.24) is 4.90 Å². The maximum Gasteiger partial charge on any atom is 0.247 e. The first kappa shape index (κ1) is 17.7. The number of carbonyl (C=O) groups is 2. The maximum atomic E-state index is 13.7. The van der Waals surface area contributed by atoms with Crippen LogP contribution in [-0.2, 0) is 9.59 Å². The van der Waals surface area contributed by atoms with E-state index in [0.717, 1.165) is 49.9 Å². The van der Waals surface area contributed by atoms with Crippen molar-refractivity contribution in [3.63, 3.8) is 0 Å². The molecule has 146 valence electrons. The topological polar surface area (TPSA) is 73.2 Å². The van der Waals surface area contributed by atoms with Crippen molar-refractivity contribution in [3.05, 3.63) is 29.8 Å². The molecule has 4 aliphatic carbocycles. The van der Waals surface area contributed by atoms with Crippen molar-refractivity contribution in [2.24, 2.45) is 23.2 Å². The molecule has 1 N–H and O–H groups in total. The average Bonchev–Trinajstić information content (AvgIpc) is 3.17. The first-order chi connectivity index (χ1) is 13.6. The summed E-state index contributed by atoms with van der Waals surface area (Å²) in [5.41, 5.74) is 1.06. The number of hydrogen-bond donors (Lipinski definition) is 1. The van der Waals surface area contributed by atoms with Crippen molar-refractivity contribution >= 4 is 17.5 Å². The molecule has 1 atom stereocenters. The van der Waals surface area contributed by atoms with Gasteiger partial charge in [-0.05, 0) is 93.4 Å². The Morgan fingerprint density at radius 2 is 1.64 bits per heavy atom. The molecule has 0 aromatic heterocycles. The minimum Gasteiger partial charge on any atom is -0.330 e. The second kappa shape index (κ2) is 6.62. The summed E-state index contributed by atoms with van der Waals surface area (Å²) < 4.78 is 0. The molecular weight excluding hydrogens is 350 g/mol. The fourth-order valence-corrected chi connectivity index (χ4v) is 6.81. The molecule has 4 bridgehead atoms. The van der Waals surface area contributed by atoms with Gasteiger partial charge < -0.3 is 10.2 Å². The van der Waals surface area contributed by atoms with E-state index >= 15 is 0 Å². The van der Waals surface area contributed by atoms with E-state index in [9.17, 15) is 9.59 Å². The SMILES string of the molecule is N#Cc1ccc(NC(=O)[C@H]2CCCN2C(=O)C23CC4CC(CC(C4)C2)C3)cc1. The van der Waals surface area contributed by atoms with Gasteiger partial charge >= 0.3 is 0 Å². The van der Waals surface area contributed by atoms with E-state index in [0.29, 0.717) is 17.8 Å². The second-order valence-corrected chi connectivity index (χ2v) is 9.53. The molecule has 1 aromatic carbocycles. The first-order valence-corrected chi connectivity index (χ1v) is 10.7. The molecule has 0 radical (unpaired) electrons. The van der Waals surface area contributed by atoms with Crippen molar-refractivity contribution in [2.75, 3.05) is 11.9 Å². The number of amides is 2. The fraction of sp³-hybridized carbons (Fsp3) is 0.609. The molecule has 4 saturated carbocycles. The fourth-order valence-electron chi connectivity index (χ4n) is 6.81. The van der Waals surface area contributed by atoms with E-state index in [4.69, 9.17) is 5.26 Å². The average molecular weight is 377 g/mol. The van der Waals surface area contributed by atoms with Gasteiger partial charge in [-0.2, -0.15) is 5.26 Å². The number of rotatable bonds is 3. The van der Waals surface area contributed by atoms with Crippen LogP contribution in [0.2, 0.25) is 0 Å². The van der Waals surface area contributed by atoms with Crippen LogP contribution in [0.3, 0.4) is 0 Å². The molecule has 0 unspecified atom stereocenters. The normalized spacial score (nSPS) is 35.6. The predicted octanol–water partition coefficient (Wildman–Crippen LogP) is 3.70. The molecule has 2 amide bonds. The molecule has 5 heteroatoms. The van der Waals surface area contributed by atoms with Gasteiger partial charge in [-0.25, -0.2) is 0 Å². The monoisotopic (exact) mass is 377 g/mol. The van der Waals surface area contributed by atoms with Crippen molar-refractivity contribution in [1.29, 1.82) is 5.26 Å².